The zero-order valence-electron chi connectivity index (χ0n) is 9.42. The lowest BCUT2D eigenvalue weighted by molar-refractivity contribution is -0.117. The molecule has 0 bridgehead atoms. The summed E-state index contributed by atoms with van der Waals surface area (Å²) in [6.07, 6.45) is 1.51. The molecule has 0 saturated carbocycles. The van der Waals surface area contributed by atoms with Crippen LogP contribution in [0.4, 0.5) is 0 Å². The maximum Gasteiger partial charge on any atom is 0.288 e. The molecule has 7 heteroatoms. The van der Waals surface area contributed by atoms with Crippen LogP contribution in [0.5, 0.6) is 0 Å². The number of halogens is 1. The predicted octanol–water partition coefficient (Wildman–Crippen LogP) is 2.32. The molecule has 0 fully saturated rings. The molecule has 1 unspecified atom stereocenters. The molecule has 0 aromatic carbocycles. The fourth-order valence-electron chi connectivity index (χ4n) is 1.49. The minimum Gasteiger partial charge on any atom is -0.369 e. The SMILES string of the molecule is Cc1nc(CN(C)C2=CN=NC(=O)C2Cl)cs1. The van der Waals surface area contributed by atoms with Crippen molar-refractivity contribution in [2.24, 2.45) is 10.2 Å². The smallest absolute Gasteiger partial charge is 0.288 e. The number of amides is 1. The first-order valence-corrected chi connectivity index (χ1v) is 6.30. The number of rotatable bonds is 3. The van der Waals surface area contributed by atoms with Crippen LogP contribution in [0, 0.1) is 6.92 Å². The normalized spacial score (nSPS) is 19.4. The van der Waals surface area contributed by atoms with E-state index < -0.39 is 11.3 Å². The Morgan fingerprint density at radius 3 is 3.00 bits per heavy atom. The number of hydrogen-bond donors (Lipinski definition) is 0. The van der Waals surface area contributed by atoms with E-state index in [0.717, 1.165) is 10.7 Å². The number of hydrogen-bond acceptors (Lipinski definition) is 5. The van der Waals surface area contributed by atoms with Gasteiger partial charge in [0.25, 0.3) is 5.91 Å². The van der Waals surface area contributed by atoms with Crippen LogP contribution in [0.15, 0.2) is 27.5 Å². The maximum atomic E-state index is 11.3. The first-order chi connectivity index (χ1) is 8.08. The number of nitrogens with zero attached hydrogens (tertiary/aromatic N) is 4. The molecule has 1 atom stereocenters. The zero-order chi connectivity index (χ0) is 12.4. The first-order valence-electron chi connectivity index (χ1n) is 4.99. The van der Waals surface area contributed by atoms with Crippen molar-refractivity contribution in [3.63, 3.8) is 0 Å². The van der Waals surface area contributed by atoms with Gasteiger partial charge in [0.2, 0.25) is 0 Å². The van der Waals surface area contributed by atoms with E-state index in [1.54, 1.807) is 11.3 Å². The van der Waals surface area contributed by atoms with Gasteiger partial charge in [-0.1, -0.05) is 0 Å². The van der Waals surface area contributed by atoms with Crippen LogP contribution in [0.25, 0.3) is 0 Å². The van der Waals surface area contributed by atoms with Gasteiger partial charge in [0.15, 0.2) is 5.38 Å². The summed E-state index contributed by atoms with van der Waals surface area (Å²) in [7, 11) is 1.85. The molecular weight excluding hydrogens is 260 g/mol. The molecule has 0 spiro atoms. The lowest BCUT2D eigenvalue weighted by Crippen LogP contribution is -2.29. The van der Waals surface area contributed by atoms with Gasteiger partial charge in [-0.15, -0.1) is 28.1 Å². The van der Waals surface area contributed by atoms with E-state index >= 15 is 0 Å². The molecule has 0 N–H and O–H groups in total. The Labute approximate surface area is 108 Å². The molecule has 0 aliphatic carbocycles. The third-order valence-electron chi connectivity index (χ3n) is 2.33. The van der Waals surface area contributed by atoms with Crippen molar-refractivity contribution in [1.82, 2.24) is 9.88 Å². The van der Waals surface area contributed by atoms with Crippen molar-refractivity contribution in [2.75, 3.05) is 7.05 Å². The average molecular weight is 271 g/mol. The summed E-state index contributed by atoms with van der Waals surface area (Å²) in [6.45, 7) is 2.55. The molecule has 1 aliphatic rings. The number of azo groups is 1. The molecule has 0 radical (unpaired) electrons. The fourth-order valence-corrected chi connectivity index (χ4v) is 2.37. The van der Waals surface area contributed by atoms with Gasteiger partial charge in [-0.05, 0) is 6.92 Å². The number of alkyl halides is 1. The molecular formula is C10H11ClN4OS. The van der Waals surface area contributed by atoms with Crippen LogP contribution >= 0.6 is 22.9 Å². The van der Waals surface area contributed by atoms with Gasteiger partial charge >= 0.3 is 0 Å². The number of carbonyl (C=O) groups excluding carboxylic acids is 1. The van der Waals surface area contributed by atoms with Crippen molar-refractivity contribution in [3.05, 3.63) is 28.0 Å². The number of carbonyl (C=O) groups is 1. The summed E-state index contributed by atoms with van der Waals surface area (Å²) in [4.78, 5) is 17.5. The van der Waals surface area contributed by atoms with Gasteiger partial charge in [0, 0.05) is 12.4 Å². The van der Waals surface area contributed by atoms with E-state index in [0.29, 0.717) is 12.2 Å². The fraction of sp³-hybridized carbons (Fsp3) is 0.400. The summed E-state index contributed by atoms with van der Waals surface area (Å²) in [5.74, 6) is -0.425. The second kappa shape index (κ2) is 4.93. The van der Waals surface area contributed by atoms with E-state index in [9.17, 15) is 4.79 Å². The molecule has 1 amide bonds. The lowest BCUT2D eigenvalue weighted by atomic mass is 10.2. The van der Waals surface area contributed by atoms with E-state index in [2.05, 4.69) is 15.2 Å². The van der Waals surface area contributed by atoms with Crippen molar-refractivity contribution in [1.29, 1.82) is 0 Å². The van der Waals surface area contributed by atoms with Gasteiger partial charge in [0.1, 0.15) is 0 Å². The third kappa shape index (κ3) is 2.70. The highest BCUT2D eigenvalue weighted by Crippen LogP contribution is 2.21. The molecule has 2 heterocycles. The van der Waals surface area contributed by atoms with E-state index in [1.807, 2.05) is 24.3 Å². The van der Waals surface area contributed by atoms with Crippen LogP contribution in [-0.4, -0.2) is 28.2 Å². The Balaban J connectivity index is 2.10. The standard InChI is InChI=1S/C10H11ClN4OS/c1-6-13-7(5-17-6)4-15(2)8-3-12-14-10(16)9(8)11/h3,5,9H,4H2,1-2H3. The summed E-state index contributed by atoms with van der Waals surface area (Å²) < 4.78 is 0. The summed E-state index contributed by atoms with van der Waals surface area (Å²) in [6, 6.07) is 0. The van der Waals surface area contributed by atoms with Gasteiger partial charge in [-0.2, -0.15) is 5.11 Å². The molecule has 5 nitrogen and oxygen atoms in total. The van der Waals surface area contributed by atoms with Crippen LogP contribution in [0.2, 0.25) is 0 Å². The van der Waals surface area contributed by atoms with Crippen LogP contribution in [0.3, 0.4) is 0 Å². The minimum absolute atomic E-state index is 0.425. The number of aromatic nitrogens is 1. The molecule has 1 aliphatic heterocycles. The average Bonchev–Trinajstić information content (AvgIpc) is 2.68. The highest BCUT2D eigenvalue weighted by molar-refractivity contribution is 7.09. The van der Waals surface area contributed by atoms with Gasteiger partial charge in [-0.25, -0.2) is 4.98 Å². The third-order valence-corrected chi connectivity index (χ3v) is 3.56. The first kappa shape index (κ1) is 12.2. The Hall–Kier alpha value is -1.27. The van der Waals surface area contributed by atoms with Crippen molar-refractivity contribution in [2.45, 2.75) is 18.8 Å². The molecule has 2 rings (SSSR count). The summed E-state index contributed by atoms with van der Waals surface area (Å²) >= 11 is 7.56. The lowest BCUT2D eigenvalue weighted by Gasteiger charge is -2.24. The van der Waals surface area contributed by atoms with Crippen molar-refractivity contribution in [3.8, 4) is 0 Å². The minimum atomic E-state index is -0.753. The maximum absolute atomic E-state index is 11.3. The van der Waals surface area contributed by atoms with E-state index in [1.165, 1.54) is 6.20 Å². The van der Waals surface area contributed by atoms with Crippen LogP contribution in [0.1, 0.15) is 10.7 Å². The number of thiazole rings is 1. The summed E-state index contributed by atoms with van der Waals surface area (Å²) in [5.41, 5.74) is 1.60. The highest BCUT2D eigenvalue weighted by Gasteiger charge is 2.26. The monoisotopic (exact) mass is 270 g/mol. The van der Waals surface area contributed by atoms with Gasteiger partial charge in [-0.3, -0.25) is 4.79 Å². The second-order valence-corrected chi connectivity index (χ2v) is 5.18. The van der Waals surface area contributed by atoms with Gasteiger partial charge < -0.3 is 4.90 Å². The molecule has 1 aromatic rings. The molecule has 17 heavy (non-hydrogen) atoms. The van der Waals surface area contributed by atoms with Crippen LogP contribution < -0.4 is 0 Å². The largest absolute Gasteiger partial charge is 0.369 e. The van der Waals surface area contributed by atoms with Crippen LogP contribution in [-0.2, 0) is 11.3 Å². The number of aryl methyl sites for hydroxylation is 1. The Morgan fingerprint density at radius 2 is 2.35 bits per heavy atom. The van der Waals surface area contributed by atoms with Gasteiger partial charge in [0.05, 0.1) is 29.1 Å². The Kier molecular flexibility index (Phi) is 3.54. The van der Waals surface area contributed by atoms with Crippen molar-refractivity contribution < 1.29 is 4.79 Å². The van der Waals surface area contributed by atoms with E-state index in [-0.39, 0.29) is 0 Å². The molecule has 0 saturated heterocycles. The quantitative estimate of drug-likeness (QED) is 0.792. The zero-order valence-corrected chi connectivity index (χ0v) is 11.0. The second-order valence-electron chi connectivity index (χ2n) is 3.68. The van der Waals surface area contributed by atoms with E-state index in [4.69, 9.17) is 11.6 Å². The molecule has 1 aromatic heterocycles. The topological polar surface area (TPSA) is 57.9 Å². The Bertz CT molecular complexity index is 496. The highest BCUT2D eigenvalue weighted by atomic mass is 35.5. The predicted molar refractivity (Wildman–Crippen MR) is 65.9 cm³/mol. The van der Waals surface area contributed by atoms with Crippen molar-refractivity contribution >= 4 is 28.8 Å². The Morgan fingerprint density at radius 1 is 1.59 bits per heavy atom. The molecule has 90 valence electrons. The summed E-state index contributed by atoms with van der Waals surface area (Å²) in [5, 5.41) is 9.27.